The second-order valence-electron chi connectivity index (χ2n) is 7.58. The van der Waals surface area contributed by atoms with E-state index in [0.717, 1.165) is 0 Å². The molecular weight excluding hydrogens is 438 g/mol. The van der Waals surface area contributed by atoms with Gasteiger partial charge in [-0.3, -0.25) is 14.5 Å². The Morgan fingerprint density at radius 3 is 2.34 bits per heavy atom. The lowest BCUT2D eigenvalue weighted by Crippen LogP contribution is -2.52. The van der Waals surface area contributed by atoms with Gasteiger partial charge in [-0.15, -0.1) is 0 Å². The number of H-pyrrole nitrogens is 1. The van der Waals surface area contributed by atoms with E-state index < -0.39 is 10.0 Å². The van der Waals surface area contributed by atoms with Crippen molar-refractivity contribution < 1.29 is 22.7 Å². The molecule has 3 rings (SSSR count). The molecule has 1 saturated heterocycles. The van der Waals surface area contributed by atoms with Crippen molar-refractivity contribution in [3.05, 3.63) is 28.3 Å². The molecule has 0 radical (unpaired) electrons. The minimum atomic E-state index is -3.25. The number of nitrogens with one attached hydrogen (secondary N) is 1. The number of carbonyl (C=O) groups excluding carboxylic acids is 1. The summed E-state index contributed by atoms with van der Waals surface area (Å²) in [6.45, 7) is 4.22. The highest BCUT2D eigenvalue weighted by atomic mass is 32.2. The summed E-state index contributed by atoms with van der Waals surface area (Å²) in [5.74, 6) is 1.26. The Morgan fingerprint density at radius 1 is 1.16 bits per heavy atom. The zero-order valence-electron chi connectivity index (χ0n) is 18.8. The van der Waals surface area contributed by atoms with E-state index in [1.54, 1.807) is 17.0 Å². The van der Waals surface area contributed by atoms with Crippen LogP contribution >= 0.6 is 0 Å². The summed E-state index contributed by atoms with van der Waals surface area (Å²) in [5.41, 5.74) is 0.172. The Balaban J connectivity index is 1.71. The Bertz CT molecular complexity index is 1140. The fraction of sp³-hybridized carbons (Fsp3) is 0.550. The van der Waals surface area contributed by atoms with Crippen LogP contribution in [0.15, 0.2) is 16.9 Å². The molecule has 1 aromatic heterocycles. The van der Waals surface area contributed by atoms with E-state index >= 15 is 0 Å². The van der Waals surface area contributed by atoms with Gasteiger partial charge in [0, 0.05) is 32.2 Å². The molecule has 0 spiro atoms. The zero-order valence-corrected chi connectivity index (χ0v) is 19.6. The van der Waals surface area contributed by atoms with Crippen molar-refractivity contribution in [2.24, 2.45) is 0 Å². The summed E-state index contributed by atoms with van der Waals surface area (Å²) in [6.07, 6.45) is 1.17. The summed E-state index contributed by atoms with van der Waals surface area (Å²) < 4.78 is 35.2. The van der Waals surface area contributed by atoms with Crippen molar-refractivity contribution in [3.63, 3.8) is 0 Å². The average molecular weight is 468 g/mol. The van der Waals surface area contributed by atoms with Crippen LogP contribution in [-0.4, -0.2) is 98.1 Å². The first kappa shape index (κ1) is 24.0. The molecule has 2 heterocycles. The molecule has 0 saturated carbocycles. The van der Waals surface area contributed by atoms with Crippen molar-refractivity contribution in [1.82, 2.24) is 24.1 Å². The van der Waals surface area contributed by atoms with Gasteiger partial charge in [-0.25, -0.2) is 13.4 Å². The minimum absolute atomic E-state index is 0.0884. The van der Waals surface area contributed by atoms with Crippen LogP contribution in [0.4, 0.5) is 0 Å². The highest BCUT2D eigenvalue weighted by Crippen LogP contribution is 2.29. The third kappa shape index (κ3) is 5.37. The number of piperazine rings is 1. The highest BCUT2D eigenvalue weighted by Gasteiger charge is 2.26. The molecule has 11 nitrogen and oxygen atoms in total. The average Bonchev–Trinajstić information content (AvgIpc) is 2.77. The van der Waals surface area contributed by atoms with Crippen molar-refractivity contribution in [2.45, 2.75) is 13.5 Å². The monoisotopic (exact) mass is 467 g/mol. The van der Waals surface area contributed by atoms with Crippen LogP contribution in [0.3, 0.4) is 0 Å². The first-order chi connectivity index (χ1) is 15.2. The van der Waals surface area contributed by atoms with Crippen LogP contribution in [0.5, 0.6) is 11.5 Å². The summed E-state index contributed by atoms with van der Waals surface area (Å²) in [4.78, 5) is 36.2. The van der Waals surface area contributed by atoms with E-state index in [9.17, 15) is 18.0 Å². The SMILES string of the molecule is CCN(CC(=O)N1CCN(S(C)(=O)=O)CC1)Cc1nc2cc(OC)c(OC)cc2c(=O)[nH]1. The van der Waals surface area contributed by atoms with Gasteiger partial charge < -0.3 is 19.4 Å². The molecule has 1 amide bonds. The minimum Gasteiger partial charge on any atom is -0.493 e. The molecule has 1 aliphatic heterocycles. The van der Waals surface area contributed by atoms with Crippen molar-refractivity contribution in [1.29, 1.82) is 0 Å². The number of hydrogen-bond donors (Lipinski definition) is 1. The van der Waals surface area contributed by atoms with Gasteiger partial charge in [-0.1, -0.05) is 6.92 Å². The number of amides is 1. The third-order valence-corrected chi connectivity index (χ3v) is 6.80. The first-order valence-electron chi connectivity index (χ1n) is 10.3. The number of fused-ring (bicyclic) bond motifs is 1. The second-order valence-corrected chi connectivity index (χ2v) is 9.57. The molecule has 1 aliphatic rings. The van der Waals surface area contributed by atoms with Crippen molar-refractivity contribution >= 4 is 26.8 Å². The van der Waals surface area contributed by atoms with E-state index in [0.29, 0.717) is 61.0 Å². The standard InChI is InChI=1S/C20H29N5O6S/c1-5-23(13-19(26)24-6-8-25(9-7-24)32(4,28)29)12-18-21-15-11-17(31-3)16(30-2)10-14(15)20(27)22-18/h10-11H,5-9,12-13H2,1-4H3,(H,21,22,27). The van der Waals surface area contributed by atoms with Gasteiger partial charge in [0.05, 0.1) is 44.5 Å². The maximum atomic E-state index is 12.7. The number of aromatic nitrogens is 2. The van der Waals surface area contributed by atoms with Gasteiger partial charge in [0.2, 0.25) is 15.9 Å². The quantitative estimate of drug-likeness (QED) is 0.569. The summed E-state index contributed by atoms with van der Waals surface area (Å²) in [7, 11) is -0.240. The van der Waals surface area contributed by atoms with E-state index in [1.807, 2.05) is 11.8 Å². The second kappa shape index (κ2) is 9.84. The van der Waals surface area contributed by atoms with Crippen molar-refractivity contribution in [3.8, 4) is 11.5 Å². The predicted molar refractivity (Wildman–Crippen MR) is 119 cm³/mol. The summed E-state index contributed by atoms with van der Waals surface area (Å²) in [5, 5.41) is 0.384. The van der Waals surface area contributed by atoms with Gasteiger partial charge in [-0.05, 0) is 12.6 Å². The Kier molecular flexibility index (Phi) is 7.36. The highest BCUT2D eigenvalue weighted by molar-refractivity contribution is 7.88. The lowest BCUT2D eigenvalue weighted by Gasteiger charge is -2.34. The molecule has 0 aliphatic carbocycles. The normalized spacial score (nSPS) is 15.3. The molecule has 0 atom stereocenters. The summed E-state index contributed by atoms with van der Waals surface area (Å²) >= 11 is 0. The van der Waals surface area contributed by atoms with Crippen LogP contribution < -0.4 is 15.0 Å². The number of hydrogen-bond acceptors (Lipinski definition) is 8. The number of methoxy groups -OCH3 is 2. The van der Waals surface area contributed by atoms with Gasteiger partial charge in [0.15, 0.2) is 11.5 Å². The molecule has 12 heteroatoms. The van der Waals surface area contributed by atoms with E-state index in [2.05, 4.69) is 9.97 Å². The molecule has 1 fully saturated rings. The molecule has 0 bridgehead atoms. The number of aromatic amines is 1. The molecule has 1 aromatic carbocycles. The number of rotatable bonds is 8. The smallest absolute Gasteiger partial charge is 0.258 e. The number of sulfonamides is 1. The fourth-order valence-electron chi connectivity index (χ4n) is 3.64. The van der Waals surface area contributed by atoms with Crippen LogP contribution in [0.2, 0.25) is 0 Å². The van der Waals surface area contributed by atoms with Gasteiger partial charge in [0.1, 0.15) is 5.82 Å². The Labute approximate surface area is 187 Å². The lowest BCUT2D eigenvalue weighted by molar-refractivity contribution is -0.133. The molecule has 2 aromatic rings. The third-order valence-electron chi connectivity index (χ3n) is 5.50. The van der Waals surface area contributed by atoms with Crippen molar-refractivity contribution in [2.75, 3.05) is 59.7 Å². The van der Waals surface area contributed by atoms with Crippen LogP contribution in [-0.2, 0) is 21.4 Å². The maximum absolute atomic E-state index is 12.7. The van der Waals surface area contributed by atoms with E-state index in [4.69, 9.17) is 9.47 Å². The predicted octanol–water partition coefficient (Wildman–Crippen LogP) is -0.134. The number of benzene rings is 1. The number of ether oxygens (including phenoxy) is 2. The zero-order chi connectivity index (χ0) is 23.5. The molecular formula is C20H29N5O6S. The molecule has 176 valence electrons. The van der Waals surface area contributed by atoms with E-state index in [1.165, 1.54) is 24.8 Å². The molecule has 0 unspecified atom stereocenters. The molecule has 1 N–H and O–H groups in total. The number of carbonyl (C=O) groups is 1. The topological polar surface area (TPSA) is 125 Å². The first-order valence-corrected chi connectivity index (χ1v) is 12.1. The lowest BCUT2D eigenvalue weighted by atomic mass is 10.2. The number of nitrogens with zero attached hydrogens (tertiary/aromatic N) is 4. The van der Waals surface area contributed by atoms with Gasteiger partial charge in [-0.2, -0.15) is 4.31 Å². The number of likely N-dealkylation sites (N-methyl/N-ethyl adjacent to an activating group) is 1. The largest absolute Gasteiger partial charge is 0.493 e. The van der Waals surface area contributed by atoms with Gasteiger partial charge in [0.25, 0.3) is 5.56 Å². The van der Waals surface area contributed by atoms with Gasteiger partial charge >= 0.3 is 0 Å². The van der Waals surface area contributed by atoms with Crippen LogP contribution in [0.1, 0.15) is 12.7 Å². The fourth-order valence-corrected chi connectivity index (χ4v) is 4.47. The van der Waals surface area contributed by atoms with Crippen LogP contribution in [0.25, 0.3) is 10.9 Å². The Hall–Kier alpha value is -2.70. The van der Waals surface area contributed by atoms with E-state index in [-0.39, 0.29) is 24.6 Å². The maximum Gasteiger partial charge on any atom is 0.258 e. The molecule has 32 heavy (non-hydrogen) atoms. The summed E-state index contributed by atoms with van der Waals surface area (Å²) in [6, 6.07) is 3.23. The Morgan fingerprint density at radius 2 is 1.78 bits per heavy atom. The van der Waals surface area contributed by atoms with Crippen LogP contribution in [0, 0.1) is 0 Å².